The van der Waals surface area contributed by atoms with E-state index in [0.29, 0.717) is 14.8 Å². The molecule has 2 unspecified atom stereocenters. The summed E-state index contributed by atoms with van der Waals surface area (Å²) in [7, 11) is 0. The number of nitrogens with zero attached hydrogens (tertiary/aromatic N) is 2. The van der Waals surface area contributed by atoms with Crippen LogP contribution in [-0.4, -0.2) is 14.8 Å². The Morgan fingerprint density at radius 3 is 2.40 bits per heavy atom. The lowest BCUT2D eigenvalue weighted by Crippen LogP contribution is -2.28. The van der Waals surface area contributed by atoms with E-state index in [1.165, 1.54) is 5.56 Å². The first-order valence-electron chi connectivity index (χ1n) is 7.81. The zero-order chi connectivity index (χ0) is 17.4. The third kappa shape index (κ3) is 3.36. The number of nitrogens with one attached hydrogen (secondary N) is 3. The number of hydrogen-bond acceptors (Lipinski definition) is 4. The minimum Gasteiger partial charge on any atom is -0.271 e. The first-order valence-corrected chi connectivity index (χ1v) is 8.98. The number of benzene rings is 2. The highest BCUT2D eigenvalue weighted by Crippen LogP contribution is 2.31. The summed E-state index contributed by atoms with van der Waals surface area (Å²) in [5.74, 6) is 0.786. The molecule has 0 spiro atoms. The fraction of sp³-hybridized carbons (Fsp3) is 0.176. The van der Waals surface area contributed by atoms with E-state index in [2.05, 4.69) is 33.2 Å². The molecule has 1 fully saturated rings. The molecular weight excluding hydrogens is 377 g/mol. The molecule has 4 rings (SSSR count). The van der Waals surface area contributed by atoms with E-state index in [-0.39, 0.29) is 12.1 Å². The normalized spacial score (nSPS) is 20.1. The summed E-state index contributed by atoms with van der Waals surface area (Å²) in [6, 6.07) is 15.8. The predicted molar refractivity (Wildman–Crippen MR) is 102 cm³/mol. The molecule has 0 saturated carbocycles. The lowest BCUT2D eigenvalue weighted by Gasteiger charge is -2.12. The average molecular weight is 392 g/mol. The van der Waals surface area contributed by atoms with Crippen molar-refractivity contribution in [2.75, 3.05) is 0 Å². The molecule has 25 heavy (non-hydrogen) atoms. The first-order chi connectivity index (χ1) is 12.1. The SMILES string of the molecule is S=c1[nH]nc(C2CC(c3ccccc3)NN2)n1-c1cc(Cl)cc(Cl)c1. The van der Waals surface area contributed by atoms with Crippen LogP contribution in [0.5, 0.6) is 0 Å². The van der Waals surface area contributed by atoms with Crippen molar-refractivity contribution < 1.29 is 0 Å². The highest BCUT2D eigenvalue weighted by Gasteiger charge is 2.30. The summed E-state index contributed by atoms with van der Waals surface area (Å²) < 4.78 is 2.36. The Balaban J connectivity index is 1.68. The molecule has 2 aromatic carbocycles. The molecule has 2 atom stereocenters. The van der Waals surface area contributed by atoms with E-state index >= 15 is 0 Å². The monoisotopic (exact) mass is 391 g/mol. The summed E-state index contributed by atoms with van der Waals surface area (Å²) in [6.45, 7) is 0. The molecule has 5 nitrogen and oxygen atoms in total. The molecule has 8 heteroatoms. The number of H-pyrrole nitrogens is 1. The van der Waals surface area contributed by atoms with E-state index in [1.54, 1.807) is 6.07 Å². The van der Waals surface area contributed by atoms with Crippen molar-refractivity contribution in [1.29, 1.82) is 0 Å². The fourth-order valence-electron chi connectivity index (χ4n) is 3.09. The van der Waals surface area contributed by atoms with Gasteiger partial charge in [-0.15, -0.1) is 0 Å². The van der Waals surface area contributed by atoms with Gasteiger partial charge in [0, 0.05) is 16.1 Å². The van der Waals surface area contributed by atoms with Gasteiger partial charge in [0.05, 0.1) is 11.7 Å². The second kappa shape index (κ2) is 6.90. The van der Waals surface area contributed by atoms with Crippen molar-refractivity contribution >= 4 is 35.4 Å². The zero-order valence-electron chi connectivity index (χ0n) is 13.0. The van der Waals surface area contributed by atoms with Gasteiger partial charge in [0.25, 0.3) is 0 Å². The Morgan fingerprint density at radius 1 is 1.00 bits per heavy atom. The Morgan fingerprint density at radius 2 is 1.68 bits per heavy atom. The van der Waals surface area contributed by atoms with E-state index in [4.69, 9.17) is 35.4 Å². The van der Waals surface area contributed by atoms with Gasteiger partial charge in [0.1, 0.15) is 0 Å². The van der Waals surface area contributed by atoms with Crippen molar-refractivity contribution in [2.24, 2.45) is 0 Å². The van der Waals surface area contributed by atoms with Crippen LogP contribution in [0.15, 0.2) is 48.5 Å². The third-order valence-electron chi connectivity index (χ3n) is 4.22. The second-order valence-electron chi connectivity index (χ2n) is 5.89. The van der Waals surface area contributed by atoms with Crippen LogP contribution in [-0.2, 0) is 0 Å². The molecule has 3 N–H and O–H groups in total. The van der Waals surface area contributed by atoms with Gasteiger partial charge in [-0.3, -0.25) is 9.67 Å². The van der Waals surface area contributed by atoms with Crippen LogP contribution in [0.4, 0.5) is 0 Å². The minimum absolute atomic E-state index is 0.00378. The lowest BCUT2D eigenvalue weighted by molar-refractivity contribution is 0.534. The van der Waals surface area contributed by atoms with Crippen molar-refractivity contribution in [1.82, 2.24) is 25.6 Å². The Hall–Kier alpha value is -1.70. The third-order valence-corrected chi connectivity index (χ3v) is 4.93. The van der Waals surface area contributed by atoms with Crippen LogP contribution in [0.2, 0.25) is 10.0 Å². The molecule has 1 aliphatic heterocycles. The predicted octanol–water partition coefficient (Wildman–Crippen LogP) is 4.52. The Labute approximate surface area is 159 Å². The molecule has 3 aromatic rings. The molecule has 0 radical (unpaired) electrons. The van der Waals surface area contributed by atoms with E-state index in [1.807, 2.05) is 34.9 Å². The molecule has 0 bridgehead atoms. The highest BCUT2D eigenvalue weighted by molar-refractivity contribution is 7.71. The van der Waals surface area contributed by atoms with E-state index in [9.17, 15) is 0 Å². The summed E-state index contributed by atoms with van der Waals surface area (Å²) in [5, 5.41) is 8.39. The fourth-order valence-corrected chi connectivity index (χ4v) is 3.85. The second-order valence-corrected chi connectivity index (χ2v) is 7.15. The van der Waals surface area contributed by atoms with Crippen molar-refractivity contribution in [2.45, 2.75) is 18.5 Å². The number of rotatable bonds is 3. The van der Waals surface area contributed by atoms with E-state index in [0.717, 1.165) is 17.9 Å². The maximum absolute atomic E-state index is 6.14. The van der Waals surface area contributed by atoms with Crippen LogP contribution >= 0.6 is 35.4 Å². The Bertz CT molecular complexity index is 933. The van der Waals surface area contributed by atoms with Gasteiger partial charge in [-0.1, -0.05) is 53.5 Å². The molecule has 1 aliphatic rings. The van der Waals surface area contributed by atoms with Gasteiger partial charge in [-0.05, 0) is 42.4 Å². The molecule has 128 valence electrons. The van der Waals surface area contributed by atoms with Crippen LogP contribution in [0.1, 0.15) is 29.9 Å². The minimum atomic E-state index is -0.00378. The molecule has 0 aliphatic carbocycles. The van der Waals surface area contributed by atoms with Crippen LogP contribution in [0.3, 0.4) is 0 Å². The molecule has 1 saturated heterocycles. The van der Waals surface area contributed by atoms with Crippen molar-refractivity contribution in [3.8, 4) is 5.69 Å². The maximum Gasteiger partial charge on any atom is 0.199 e. The topological polar surface area (TPSA) is 57.7 Å². The standard InChI is InChI=1S/C17H15Cl2N5S/c18-11-6-12(19)8-13(7-11)24-16(22-23-17(24)25)15-9-14(20-21-15)10-4-2-1-3-5-10/h1-8,14-15,20-21H,9H2,(H,23,25). The molecule has 1 aromatic heterocycles. The van der Waals surface area contributed by atoms with Gasteiger partial charge >= 0.3 is 0 Å². The maximum atomic E-state index is 6.14. The van der Waals surface area contributed by atoms with Gasteiger partial charge in [-0.25, -0.2) is 10.9 Å². The summed E-state index contributed by atoms with van der Waals surface area (Å²) in [6.07, 6.45) is 0.845. The number of hydrogen-bond donors (Lipinski definition) is 3. The van der Waals surface area contributed by atoms with Gasteiger partial charge < -0.3 is 0 Å². The van der Waals surface area contributed by atoms with Crippen LogP contribution < -0.4 is 10.9 Å². The quantitative estimate of drug-likeness (QED) is 0.574. The zero-order valence-corrected chi connectivity index (χ0v) is 15.4. The summed E-state index contributed by atoms with van der Waals surface area (Å²) in [5.41, 5.74) is 8.65. The van der Waals surface area contributed by atoms with E-state index < -0.39 is 0 Å². The summed E-state index contributed by atoms with van der Waals surface area (Å²) >= 11 is 17.7. The van der Waals surface area contributed by atoms with Gasteiger partial charge in [-0.2, -0.15) is 5.10 Å². The van der Waals surface area contributed by atoms with Crippen molar-refractivity contribution in [3.63, 3.8) is 0 Å². The average Bonchev–Trinajstić information content (AvgIpc) is 3.21. The largest absolute Gasteiger partial charge is 0.271 e. The van der Waals surface area contributed by atoms with Gasteiger partial charge in [0.15, 0.2) is 10.6 Å². The number of aromatic amines is 1. The lowest BCUT2D eigenvalue weighted by atomic mass is 10.0. The Kier molecular flexibility index (Phi) is 4.62. The van der Waals surface area contributed by atoms with Crippen molar-refractivity contribution in [3.05, 3.63) is 74.7 Å². The molecule has 2 heterocycles. The van der Waals surface area contributed by atoms with Crippen LogP contribution in [0, 0.1) is 4.77 Å². The summed E-state index contributed by atoms with van der Waals surface area (Å²) in [4.78, 5) is 0. The van der Waals surface area contributed by atoms with Crippen LogP contribution in [0.25, 0.3) is 5.69 Å². The highest BCUT2D eigenvalue weighted by atomic mass is 35.5. The number of aromatic nitrogens is 3. The van der Waals surface area contributed by atoms with Gasteiger partial charge in [0.2, 0.25) is 0 Å². The molecular formula is C17H15Cl2N5S. The number of halogens is 2. The molecule has 0 amide bonds. The first kappa shape index (κ1) is 16.8. The number of hydrazine groups is 1. The smallest absolute Gasteiger partial charge is 0.199 e.